The second-order valence-corrected chi connectivity index (χ2v) is 6.61. The molecule has 0 atom stereocenters. The highest BCUT2D eigenvalue weighted by Crippen LogP contribution is 2.16. The number of nitrogens with zero attached hydrogens (tertiary/aromatic N) is 2. The normalized spacial score (nSPS) is 15.3. The molecule has 132 valence electrons. The first-order valence-electron chi connectivity index (χ1n) is 8.81. The van der Waals surface area contributed by atoms with Crippen molar-refractivity contribution in [3.63, 3.8) is 0 Å². The molecule has 1 aromatic carbocycles. The molecule has 1 saturated heterocycles. The summed E-state index contributed by atoms with van der Waals surface area (Å²) in [6.45, 7) is 9.38. The minimum atomic E-state index is 0.0243. The molecular weight excluding hydrogens is 304 g/mol. The van der Waals surface area contributed by atoms with Crippen LogP contribution in [0, 0.1) is 5.92 Å². The largest absolute Gasteiger partial charge is 0.493 e. The Morgan fingerprint density at radius 2 is 1.67 bits per heavy atom. The monoisotopic (exact) mass is 332 g/mol. The molecule has 24 heavy (non-hydrogen) atoms. The van der Waals surface area contributed by atoms with Crippen molar-refractivity contribution in [3.8, 4) is 5.75 Å². The van der Waals surface area contributed by atoms with E-state index in [1.54, 1.807) is 0 Å². The lowest BCUT2D eigenvalue weighted by molar-refractivity contribution is -0.130. The van der Waals surface area contributed by atoms with E-state index < -0.39 is 0 Å². The molecule has 1 fully saturated rings. The van der Waals surface area contributed by atoms with E-state index in [1.165, 1.54) is 0 Å². The Morgan fingerprint density at radius 3 is 2.29 bits per heavy atom. The third-order valence-corrected chi connectivity index (χ3v) is 4.12. The van der Waals surface area contributed by atoms with Crippen LogP contribution in [-0.4, -0.2) is 54.4 Å². The molecule has 5 heteroatoms. The summed E-state index contributed by atoms with van der Waals surface area (Å²) in [6, 6.07) is 7.33. The molecule has 2 amide bonds. The molecule has 1 aliphatic heterocycles. The molecule has 1 aromatic rings. The molecule has 0 saturated carbocycles. The van der Waals surface area contributed by atoms with E-state index >= 15 is 0 Å². The maximum Gasteiger partial charge on any atom is 0.253 e. The fourth-order valence-electron chi connectivity index (χ4n) is 2.73. The van der Waals surface area contributed by atoms with Crippen molar-refractivity contribution in [2.24, 2.45) is 5.92 Å². The van der Waals surface area contributed by atoms with Gasteiger partial charge >= 0.3 is 0 Å². The molecule has 2 rings (SSSR count). The minimum Gasteiger partial charge on any atom is -0.493 e. The van der Waals surface area contributed by atoms with Crippen molar-refractivity contribution in [1.29, 1.82) is 0 Å². The van der Waals surface area contributed by atoms with Crippen molar-refractivity contribution in [3.05, 3.63) is 29.8 Å². The molecule has 5 nitrogen and oxygen atoms in total. The SMILES string of the molecule is CCC(=O)N1CCCN(C(=O)c2ccc(OCC(C)C)cc2)CC1. The fraction of sp³-hybridized carbons (Fsp3) is 0.579. The predicted molar refractivity (Wildman–Crippen MR) is 94.2 cm³/mol. The van der Waals surface area contributed by atoms with Gasteiger partial charge in [-0.2, -0.15) is 0 Å². The Morgan fingerprint density at radius 1 is 1.04 bits per heavy atom. The first kappa shape index (κ1) is 18.3. The number of carbonyl (C=O) groups excluding carboxylic acids is 2. The molecule has 0 bridgehead atoms. The summed E-state index contributed by atoms with van der Waals surface area (Å²) in [6.07, 6.45) is 1.35. The summed E-state index contributed by atoms with van der Waals surface area (Å²) in [5.74, 6) is 1.44. The second-order valence-electron chi connectivity index (χ2n) is 6.61. The van der Waals surface area contributed by atoms with Crippen molar-refractivity contribution in [2.45, 2.75) is 33.6 Å². The van der Waals surface area contributed by atoms with E-state index in [4.69, 9.17) is 4.74 Å². The van der Waals surface area contributed by atoms with Crippen molar-refractivity contribution in [2.75, 3.05) is 32.8 Å². The molecule has 0 radical (unpaired) electrons. The van der Waals surface area contributed by atoms with E-state index in [1.807, 2.05) is 41.0 Å². The second kappa shape index (κ2) is 8.71. The first-order valence-corrected chi connectivity index (χ1v) is 8.81. The number of ether oxygens (including phenoxy) is 1. The lowest BCUT2D eigenvalue weighted by Crippen LogP contribution is -2.37. The number of amides is 2. The Labute approximate surface area is 144 Å². The van der Waals surface area contributed by atoms with Gasteiger partial charge < -0.3 is 14.5 Å². The number of hydrogen-bond acceptors (Lipinski definition) is 3. The summed E-state index contributed by atoms with van der Waals surface area (Å²) in [4.78, 5) is 28.2. The molecule has 1 aliphatic rings. The average molecular weight is 332 g/mol. The van der Waals surface area contributed by atoms with Crippen LogP contribution in [0.1, 0.15) is 44.0 Å². The van der Waals surface area contributed by atoms with Crippen LogP contribution in [0.15, 0.2) is 24.3 Å². The van der Waals surface area contributed by atoms with Crippen molar-refractivity contribution in [1.82, 2.24) is 9.80 Å². The van der Waals surface area contributed by atoms with E-state index in [9.17, 15) is 9.59 Å². The van der Waals surface area contributed by atoms with Gasteiger partial charge in [0.2, 0.25) is 5.91 Å². The van der Waals surface area contributed by atoms with Gasteiger partial charge in [0, 0.05) is 38.2 Å². The number of hydrogen-bond donors (Lipinski definition) is 0. The highest BCUT2D eigenvalue weighted by Gasteiger charge is 2.22. The molecule has 0 N–H and O–H groups in total. The van der Waals surface area contributed by atoms with E-state index in [0.717, 1.165) is 18.7 Å². The Balaban J connectivity index is 1.94. The lowest BCUT2D eigenvalue weighted by atomic mass is 10.2. The van der Waals surface area contributed by atoms with Gasteiger partial charge in [-0.1, -0.05) is 20.8 Å². The Kier molecular flexibility index (Phi) is 6.64. The van der Waals surface area contributed by atoms with Gasteiger partial charge in [-0.05, 0) is 36.6 Å². The molecule has 1 heterocycles. The smallest absolute Gasteiger partial charge is 0.253 e. The van der Waals surface area contributed by atoms with Crippen LogP contribution in [0.4, 0.5) is 0 Å². The van der Waals surface area contributed by atoms with Crippen LogP contribution in [0.25, 0.3) is 0 Å². The number of rotatable bonds is 5. The zero-order valence-electron chi connectivity index (χ0n) is 15.0. The van der Waals surface area contributed by atoms with E-state index in [-0.39, 0.29) is 11.8 Å². The van der Waals surface area contributed by atoms with Crippen LogP contribution >= 0.6 is 0 Å². The fourth-order valence-corrected chi connectivity index (χ4v) is 2.73. The summed E-state index contributed by atoms with van der Waals surface area (Å²) in [5.41, 5.74) is 0.669. The minimum absolute atomic E-state index is 0.0243. The van der Waals surface area contributed by atoms with Gasteiger partial charge in [-0.15, -0.1) is 0 Å². The third-order valence-electron chi connectivity index (χ3n) is 4.12. The van der Waals surface area contributed by atoms with E-state index in [0.29, 0.717) is 44.1 Å². The van der Waals surface area contributed by atoms with Crippen LogP contribution in [0.2, 0.25) is 0 Å². The van der Waals surface area contributed by atoms with Gasteiger partial charge in [-0.3, -0.25) is 9.59 Å². The summed E-state index contributed by atoms with van der Waals surface area (Å²) < 4.78 is 5.65. The van der Waals surface area contributed by atoms with Crippen molar-refractivity contribution < 1.29 is 14.3 Å². The van der Waals surface area contributed by atoms with Crippen LogP contribution < -0.4 is 4.74 Å². The topological polar surface area (TPSA) is 49.9 Å². The molecule has 0 spiro atoms. The van der Waals surface area contributed by atoms with Crippen LogP contribution in [0.5, 0.6) is 5.75 Å². The average Bonchev–Trinajstić information content (AvgIpc) is 2.85. The van der Waals surface area contributed by atoms with Gasteiger partial charge in [0.1, 0.15) is 5.75 Å². The van der Waals surface area contributed by atoms with Gasteiger partial charge in [-0.25, -0.2) is 0 Å². The van der Waals surface area contributed by atoms with Gasteiger partial charge in [0.25, 0.3) is 5.91 Å². The van der Waals surface area contributed by atoms with Crippen LogP contribution in [0.3, 0.4) is 0 Å². The Hall–Kier alpha value is -2.04. The summed E-state index contributed by atoms with van der Waals surface area (Å²) in [5, 5.41) is 0. The van der Waals surface area contributed by atoms with Crippen molar-refractivity contribution >= 4 is 11.8 Å². The zero-order chi connectivity index (χ0) is 17.5. The maximum absolute atomic E-state index is 12.7. The quantitative estimate of drug-likeness (QED) is 0.833. The zero-order valence-corrected chi connectivity index (χ0v) is 15.0. The summed E-state index contributed by atoms with van der Waals surface area (Å²) >= 11 is 0. The number of carbonyl (C=O) groups is 2. The first-order chi connectivity index (χ1) is 11.5. The third kappa shape index (κ3) is 4.98. The molecule has 0 unspecified atom stereocenters. The molecule has 0 aromatic heterocycles. The maximum atomic E-state index is 12.7. The number of benzene rings is 1. The molecule has 0 aliphatic carbocycles. The summed E-state index contributed by atoms with van der Waals surface area (Å²) in [7, 11) is 0. The van der Waals surface area contributed by atoms with Gasteiger partial charge in [0.05, 0.1) is 6.61 Å². The Bertz CT molecular complexity index is 554. The highest BCUT2D eigenvalue weighted by molar-refractivity contribution is 5.94. The predicted octanol–water partition coefficient (Wildman–Crippen LogP) is 2.81. The van der Waals surface area contributed by atoms with E-state index in [2.05, 4.69) is 13.8 Å². The molecular formula is C19H28N2O3. The highest BCUT2D eigenvalue weighted by atomic mass is 16.5. The lowest BCUT2D eigenvalue weighted by Gasteiger charge is -2.22. The van der Waals surface area contributed by atoms with Crippen LogP contribution in [-0.2, 0) is 4.79 Å². The van der Waals surface area contributed by atoms with Gasteiger partial charge in [0.15, 0.2) is 0 Å². The standard InChI is InChI=1S/C19H28N2O3/c1-4-18(22)20-10-5-11-21(13-12-20)19(23)16-6-8-17(9-7-16)24-14-15(2)3/h6-9,15H,4-5,10-14H2,1-3H3.